The van der Waals surface area contributed by atoms with E-state index in [-0.39, 0.29) is 29.6 Å². The van der Waals surface area contributed by atoms with Crippen molar-refractivity contribution in [3.05, 3.63) is 0 Å². The molecule has 0 rings (SSSR count). The zero-order valence-electron chi connectivity index (χ0n) is 6.95. The van der Waals surface area contributed by atoms with Gasteiger partial charge in [-0.2, -0.15) is 0 Å². The molecule has 0 aromatic rings. The van der Waals surface area contributed by atoms with E-state index in [0.717, 1.165) is 18.2 Å². The molecule has 0 N–H and O–H groups in total. The molecule has 0 fully saturated rings. The summed E-state index contributed by atoms with van der Waals surface area (Å²) >= 11 is 3.21. The van der Waals surface area contributed by atoms with Gasteiger partial charge in [0.15, 0.2) is 0 Å². The normalized spacial score (nSPS) is 10.8. The Morgan fingerprint density at radius 3 is 2.33 bits per heavy atom. The molecule has 0 atom stereocenters. The third kappa shape index (κ3) is 13.9. The summed E-state index contributed by atoms with van der Waals surface area (Å²) in [5.74, 6) is -0.713. The van der Waals surface area contributed by atoms with Crippen LogP contribution < -0.4 is 29.6 Å². The molecule has 0 heterocycles. The smallest absolute Gasteiger partial charge is 0.746 e. The first-order valence-electron chi connectivity index (χ1n) is 3.13. The van der Waals surface area contributed by atoms with Gasteiger partial charge in [-0.1, -0.05) is 15.9 Å². The van der Waals surface area contributed by atoms with Gasteiger partial charge in [0.05, 0.1) is 0 Å². The second kappa shape index (κ2) is 8.93. The summed E-state index contributed by atoms with van der Waals surface area (Å²) in [6, 6.07) is 0. The third-order valence-corrected chi connectivity index (χ3v) is 1.92. The first kappa shape index (κ1) is 15.8. The van der Waals surface area contributed by atoms with Crippen molar-refractivity contribution in [1.29, 1.82) is 0 Å². The van der Waals surface area contributed by atoms with E-state index in [0.29, 0.717) is 6.61 Å². The van der Waals surface area contributed by atoms with Gasteiger partial charge in [-0.05, 0) is 12.8 Å². The monoisotopic (exact) mass is 268 g/mol. The van der Waals surface area contributed by atoms with Crippen molar-refractivity contribution in [3.63, 3.8) is 0 Å². The number of halogens is 1. The number of ether oxygens (including phenoxy) is 1. The van der Waals surface area contributed by atoms with Crippen molar-refractivity contribution in [1.82, 2.24) is 0 Å². The van der Waals surface area contributed by atoms with Gasteiger partial charge in [0.25, 0.3) is 0 Å². The minimum atomic E-state index is -4.20. The molecule has 0 amide bonds. The average Bonchev–Trinajstić information content (AvgIpc) is 1.85. The van der Waals surface area contributed by atoms with E-state index in [1.54, 1.807) is 0 Å². The second-order valence-corrected chi connectivity index (χ2v) is 4.12. The van der Waals surface area contributed by atoms with E-state index in [1.165, 1.54) is 0 Å². The first-order chi connectivity index (χ1) is 5.06. The first-order valence-corrected chi connectivity index (χ1v) is 5.83. The summed E-state index contributed by atoms with van der Waals surface area (Å²) in [6.07, 6.45) is 1.68. The maximum atomic E-state index is 9.97. The van der Waals surface area contributed by atoms with Crippen LogP contribution in [-0.4, -0.2) is 30.8 Å². The van der Waals surface area contributed by atoms with Crippen LogP contribution in [0.1, 0.15) is 12.8 Å². The molecule has 0 unspecified atom stereocenters. The van der Waals surface area contributed by atoms with Crippen LogP contribution in [0.4, 0.5) is 0 Å². The Kier molecular flexibility index (Phi) is 11.8. The summed E-state index contributed by atoms with van der Waals surface area (Å²) in [6.45, 7) is 0.326. The van der Waals surface area contributed by atoms with Crippen LogP contribution >= 0.6 is 15.9 Å². The molecule has 12 heavy (non-hydrogen) atoms. The fourth-order valence-corrected chi connectivity index (χ4v) is 1.18. The van der Waals surface area contributed by atoms with Gasteiger partial charge in [0.1, 0.15) is 16.1 Å². The Balaban J connectivity index is 0. The van der Waals surface area contributed by atoms with Gasteiger partial charge >= 0.3 is 29.6 Å². The third-order valence-electron chi connectivity index (χ3n) is 0.900. The second-order valence-electron chi connectivity index (χ2n) is 1.98. The fourth-order valence-electron chi connectivity index (χ4n) is 0.460. The van der Waals surface area contributed by atoms with Crippen LogP contribution in [-0.2, 0) is 14.9 Å². The Labute approximate surface area is 103 Å². The molecule has 0 aliphatic rings. The topological polar surface area (TPSA) is 66.4 Å². The summed E-state index contributed by atoms with van der Waals surface area (Å²) < 4.78 is 34.5. The molecular formula is C5H10BrNaO4S. The summed E-state index contributed by atoms with van der Waals surface area (Å²) in [5, 5.41) is 0.862. The predicted octanol–water partition coefficient (Wildman–Crippen LogP) is -2.32. The summed E-state index contributed by atoms with van der Waals surface area (Å²) in [7, 11) is -4.20. The van der Waals surface area contributed by atoms with Crippen molar-refractivity contribution in [3.8, 4) is 0 Å². The molecule has 0 saturated heterocycles. The van der Waals surface area contributed by atoms with Gasteiger partial charge in [0, 0.05) is 11.9 Å². The zero-order valence-corrected chi connectivity index (χ0v) is 11.4. The van der Waals surface area contributed by atoms with Crippen molar-refractivity contribution in [2.45, 2.75) is 12.8 Å². The number of alkyl halides is 1. The SMILES string of the molecule is O=S(=O)([O-])COCCCCBr.[Na+]. The average molecular weight is 269 g/mol. The van der Waals surface area contributed by atoms with Gasteiger partial charge in [-0.25, -0.2) is 8.42 Å². The molecule has 68 valence electrons. The van der Waals surface area contributed by atoms with E-state index in [9.17, 15) is 13.0 Å². The number of unbranched alkanes of at least 4 members (excludes halogenated alkanes) is 1. The van der Waals surface area contributed by atoms with Gasteiger partial charge < -0.3 is 9.29 Å². The largest absolute Gasteiger partial charge is 1.00 e. The molecule has 0 bridgehead atoms. The van der Waals surface area contributed by atoms with E-state index in [2.05, 4.69) is 20.7 Å². The van der Waals surface area contributed by atoms with E-state index in [1.807, 2.05) is 0 Å². The van der Waals surface area contributed by atoms with Crippen LogP contribution in [0.25, 0.3) is 0 Å². The Morgan fingerprint density at radius 1 is 1.33 bits per heavy atom. The molecule has 4 nitrogen and oxygen atoms in total. The minimum Gasteiger partial charge on any atom is -0.746 e. The van der Waals surface area contributed by atoms with E-state index in [4.69, 9.17) is 0 Å². The van der Waals surface area contributed by atoms with E-state index >= 15 is 0 Å². The number of hydrogen-bond acceptors (Lipinski definition) is 4. The number of rotatable bonds is 6. The van der Waals surface area contributed by atoms with Gasteiger partial charge in [0.2, 0.25) is 0 Å². The molecule has 0 radical (unpaired) electrons. The van der Waals surface area contributed by atoms with Gasteiger partial charge in [-0.3, -0.25) is 0 Å². The Hall–Kier alpha value is 1.35. The van der Waals surface area contributed by atoms with Crippen molar-refractivity contribution in [2.24, 2.45) is 0 Å². The van der Waals surface area contributed by atoms with Crippen LogP contribution in [0.5, 0.6) is 0 Å². The molecule has 0 spiro atoms. The molecular weight excluding hydrogens is 259 g/mol. The predicted molar refractivity (Wildman–Crippen MR) is 43.5 cm³/mol. The quantitative estimate of drug-likeness (QED) is 0.235. The minimum absolute atomic E-state index is 0. The van der Waals surface area contributed by atoms with E-state index < -0.39 is 16.1 Å². The molecule has 0 aliphatic heterocycles. The summed E-state index contributed by atoms with van der Waals surface area (Å²) in [5.41, 5.74) is 0. The fraction of sp³-hybridized carbons (Fsp3) is 1.00. The van der Waals surface area contributed by atoms with Crippen LogP contribution in [0.3, 0.4) is 0 Å². The van der Waals surface area contributed by atoms with Crippen LogP contribution in [0.15, 0.2) is 0 Å². The van der Waals surface area contributed by atoms with Crippen molar-refractivity contribution >= 4 is 26.0 Å². The standard InChI is InChI=1S/C5H11BrO4S.Na/c6-3-1-2-4-10-5-11(7,8)9;/h1-5H2,(H,7,8,9);/q;+1/p-1. The maximum absolute atomic E-state index is 9.97. The Bertz CT molecular complexity index is 182. The molecule has 7 heteroatoms. The zero-order chi connectivity index (χ0) is 8.74. The van der Waals surface area contributed by atoms with Crippen molar-refractivity contribution < 1.29 is 47.3 Å². The molecule has 0 saturated carbocycles. The van der Waals surface area contributed by atoms with Gasteiger partial charge in [-0.15, -0.1) is 0 Å². The molecule has 0 aromatic carbocycles. The van der Waals surface area contributed by atoms with Crippen LogP contribution in [0.2, 0.25) is 0 Å². The maximum Gasteiger partial charge on any atom is 1.00 e. The molecule has 0 aliphatic carbocycles. The van der Waals surface area contributed by atoms with Crippen LogP contribution in [0, 0.1) is 0 Å². The molecule has 0 aromatic heterocycles. The number of hydrogen-bond donors (Lipinski definition) is 0. The van der Waals surface area contributed by atoms with Crippen molar-refractivity contribution in [2.75, 3.05) is 17.9 Å². The summed E-state index contributed by atoms with van der Waals surface area (Å²) in [4.78, 5) is 0. The Morgan fingerprint density at radius 2 is 1.92 bits per heavy atom.